The van der Waals surface area contributed by atoms with Crippen molar-refractivity contribution in [3.8, 4) is 0 Å². The summed E-state index contributed by atoms with van der Waals surface area (Å²) in [6.07, 6.45) is 0. The van der Waals surface area contributed by atoms with Crippen LogP contribution in [0, 0.1) is 6.92 Å². The van der Waals surface area contributed by atoms with Crippen LogP contribution in [0.5, 0.6) is 0 Å². The number of ether oxygens (including phenoxy) is 1. The first-order valence-electron chi connectivity index (χ1n) is 6.81. The predicted molar refractivity (Wildman–Crippen MR) is 80.7 cm³/mol. The van der Waals surface area contributed by atoms with Crippen LogP contribution in [0.1, 0.15) is 49.2 Å². The van der Waals surface area contributed by atoms with Crippen LogP contribution in [0.2, 0.25) is 0 Å². The van der Waals surface area contributed by atoms with Gasteiger partial charge in [0.1, 0.15) is 4.88 Å². The molecule has 1 aromatic rings. The highest BCUT2D eigenvalue weighted by atomic mass is 32.1. The van der Waals surface area contributed by atoms with E-state index < -0.39 is 7.12 Å². The molecule has 2 rings (SSSR count). The van der Waals surface area contributed by atoms with Gasteiger partial charge in [0.05, 0.1) is 17.8 Å². The molecule has 0 unspecified atom stereocenters. The molecule has 20 heavy (non-hydrogen) atoms. The van der Waals surface area contributed by atoms with Crippen molar-refractivity contribution in [2.24, 2.45) is 0 Å². The minimum Gasteiger partial charge on any atom is -0.462 e. The van der Waals surface area contributed by atoms with Gasteiger partial charge in [0.15, 0.2) is 0 Å². The summed E-state index contributed by atoms with van der Waals surface area (Å²) in [5.74, 6) is -0.289. The normalized spacial score (nSPS) is 20.2. The minimum absolute atomic E-state index is 0.289. The summed E-state index contributed by atoms with van der Waals surface area (Å²) in [6.45, 7) is 12.2. The van der Waals surface area contributed by atoms with Crippen LogP contribution >= 0.6 is 11.3 Å². The number of hydrogen-bond donors (Lipinski definition) is 0. The standard InChI is InChI=1S/C14H21BO4S/c1-7-17-12(16)11-8-10(9(2)20-11)15-18-13(3,4)14(5,6)19-15/h8H,7H2,1-6H3. The van der Waals surface area contributed by atoms with Gasteiger partial charge in [-0.3, -0.25) is 0 Å². The fourth-order valence-electron chi connectivity index (χ4n) is 2.00. The summed E-state index contributed by atoms with van der Waals surface area (Å²) in [6, 6.07) is 1.82. The molecular weight excluding hydrogens is 275 g/mol. The first-order chi connectivity index (χ1) is 9.18. The van der Waals surface area contributed by atoms with Crippen molar-refractivity contribution in [1.29, 1.82) is 0 Å². The molecule has 1 saturated heterocycles. The highest BCUT2D eigenvalue weighted by Gasteiger charge is 2.52. The zero-order chi connectivity index (χ0) is 15.1. The van der Waals surface area contributed by atoms with E-state index >= 15 is 0 Å². The SMILES string of the molecule is CCOC(=O)c1cc(B2OC(C)(C)C(C)(C)O2)c(C)s1. The molecule has 1 aliphatic heterocycles. The van der Waals surface area contributed by atoms with Gasteiger partial charge in [-0.1, -0.05) is 0 Å². The fourth-order valence-corrected chi connectivity index (χ4v) is 2.93. The minimum atomic E-state index is -0.431. The summed E-state index contributed by atoms with van der Waals surface area (Å²) in [4.78, 5) is 13.4. The third-order valence-corrected chi connectivity index (χ3v) is 4.99. The average Bonchev–Trinajstić information content (AvgIpc) is 2.78. The number of rotatable bonds is 3. The zero-order valence-electron chi connectivity index (χ0n) is 12.9. The Labute approximate surface area is 124 Å². The van der Waals surface area contributed by atoms with Gasteiger partial charge in [0, 0.05) is 4.88 Å². The van der Waals surface area contributed by atoms with Crippen molar-refractivity contribution in [1.82, 2.24) is 0 Å². The van der Waals surface area contributed by atoms with Crippen molar-refractivity contribution in [3.63, 3.8) is 0 Å². The average molecular weight is 296 g/mol. The Kier molecular flexibility index (Phi) is 4.02. The van der Waals surface area contributed by atoms with Crippen molar-refractivity contribution in [2.75, 3.05) is 6.61 Å². The first-order valence-corrected chi connectivity index (χ1v) is 7.62. The molecule has 1 aromatic heterocycles. The Hall–Kier alpha value is -0.845. The largest absolute Gasteiger partial charge is 0.495 e. The maximum Gasteiger partial charge on any atom is 0.495 e. The first kappa shape index (κ1) is 15.5. The number of hydrogen-bond acceptors (Lipinski definition) is 5. The van der Waals surface area contributed by atoms with Crippen molar-refractivity contribution >= 4 is 29.9 Å². The molecular formula is C14H21BO4S. The molecule has 0 spiro atoms. The van der Waals surface area contributed by atoms with E-state index in [0.29, 0.717) is 11.5 Å². The smallest absolute Gasteiger partial charge is 0.462 e. The number of esters is 1. The lowest BCUT2D eigenvalue weighted by Gasteiger charge is -2.32. The van der Waals surface area contributed by atoms with Crippen molar-refractivity contribution < 1.29 is 18.8 Å². The Morgan fingerprint density at radius 2 is 1.85 bits per heavy atom. The highest BCUT2D eigenvalue weighted by Crippen LogP contribution is 2.37. The number of thiophene rings is 1. The molecule has 0 atom stereocenters. The van der Waals surface area contributed by atoms with E-state index in [2.05, 4.69) is 0 Å². The number of aryl methyl sites for hydroxylation is 1. The molecule has 0 N–H and O–H groups in total. The van der Waals surface area contributed by atoms with E-state index in [1.165, 1.54) is 11.3 Å². The molecule has 0 aromatic carbocycles. The van der Waals surface area contributed by atoms with Crippen molar-refractivity contribution in [3.05, 3.63) is 15.8 Å². The molecule has 4 nitrogen and oxygen atoms in total. The van der Waals surface area contributed by atoms with Gasteiger partial charge in [-0.05, 0) is 53.1 Å². The van der Waals surface area contributed by atoms with Gasteiger partial charge < -0.3 is 14.0 Å². The zero-order valence-corrected chi connectivity index (χ0v) is 13.7. The highest BCUT2D eigenvalue weighted by molar-refractivity contribution is 7.15. The third-order valence-electron chi connectivity index (χ3n) is 3.94. The Bertz CT molecular complexity index is 505. The van der Waals surface area contributed by atoms with E-state index in [1.54, 1.807) is 6.92 Å². The number of carbonyl (C=O) groups excluding carboxylic acids is 1. The third kappa shape index (κ3) is 2.64. The summed E-state index contributed by atoms with van der Waals surface area (Å²) in [7, 11) is -0.431. The van der Waals surface area contributed by atoms with E-state index in [-0.39, 0.29) is 17.2 Å². The van der Waals surface area contributed by atoms with Crippen LogP contribution in [0.4, 0.5) is 0 Å². The number of carbonyl (C=O) groups is 1. The van der Waals surface area contributed by atoms with E-state index in [1.807, 2.05) is 40.7 Å². The Morgan fingerprint density at radius 1 is 1.30 bits per heavy atom. The van der Waals surface area contributed by atoms with Crippen LogP contribution in [-0.4, -0.2) is 30.9 Å². The molecule has 0 bridgehead atoms. The van der Waals surface area contributed by atoms with Gasteiger partial charge >= 0.3 is 13.1 Å². The maximum atomic E-state index is 11.8. The molecule has 2 heterocycles. The molecule has 1 aliphatic rings. The predicted octanol–water partition coefficient (Wildman–Crippen LogP) is 2.53. The topological polar surface area (TPSA) is 44.8 Å². The second kappa shape index (κ2) is 5.17. The van der Waals surface area contributed by atoms with E-state index in [0.717, 1.165) is 10.3 Å². The molecule has 0 saturated carbocycles. The fraction of sp³-hybridized carbons (Fsp3) is 0.643. The van der Waals surface area contributed by atoms with Gasteiger partial charge in [-0.25, -0.2) is 4.79 Å². The molecule has 0 amide bonds. The van der Waals surface area contributed by atoms with Gasteiger partial charge in [-0.2, -0.15) is 0 Å². The quantitative estimate of drug-likeness (QED) is 0.635. The summed E-state index contributed by atoms with van der Waals surface area (Å²) >= 11 is 1.42. The summed E-state index contributed by atoms with van der Waals surface area (Å²) < 4.78 is 17.1. The van der Waals surface area contributed by atoms with Crippen molar-refractivity contribution in [2.45, 2.75) is 52.7 Å². The Morgan fingerprint density at radius 3 is 2.35 bits per heavy atom. The molecule has 6 heteroatoms. The molecule has 1 fully saturated rings. The van der Waals surface area contributed by atoms with Gasteiger partial charge in [0.25, 0.3) is 0 Å². The van der Waals surface area contributed by atoms with Gasteiger partial charge in [-0.15, -0.1) is 11.3 Å². The lowest BCUT2D eigenvalue weighted by Crippen LogP contribution is -2.41. The molecule has 0 radical (unpaired) electrons. The van der Waals surface area contributed by atoms with Crippen LogP contribution in [-0.2, 0) is 14.0 Å². The van der Waals surface area contributed by atoms with Crippen LogP contribution in [0.25, 0.3) is 0 Å². The van der Waals surface area contributed by atoms with Crippen LogP contribution < -0.4 is 5.46 Å². The van der Waals surface area contributed by atoms with Crippen LogP contribution in [0.15, 0.2) is 6.07 Å². The van der Waals surface area contributed by atoms with Gasteiger partial charge in [0.2, 0.25) is 0 Å². The monoisotopic (exact) mass is 296 g/mol. The lowest BCUT2D eigenvalue weighted by atomic mass is 9.79. The summed E-state index contributed by atoms with van der Waals surface area (Å²) in [5, 5.41) is 0. The van der Waals surface area contributed by atoms with E-state index in [4.69, 9.17) is 14.0 Å². The van der Waals surface area contributed by atoms with E-state index in [9.17, 15) is 4.79 Å². The molecule has 0 aliphatic carbocycles. The second-order valence-electron chi connectivity index (χ2n) is 5.93. The molecule has 110 valence electrons. The summed E-state index contributed by atoms with van der Waals surface area (Å²) in [5.41, 5.74) is 0.156. The Balaban J connectivity index is 2.25. The van der Waals surface area contributed by atoms with Crippen LogP contribution in [0.3, 0.4) is 0 Å². The lowest BCUT2D eigenvalue weighted by molar-refractivity contribution is 0.00578. The second-order valence-corrected chi connectivity index (χ2v) is 7.19. The maximum absolute atomic E-state index is 11.8.